The van der Waals surface area contributed by atoms with Crippen molar-refractivity contribution in [2.75, 3.05) is 13.1 Å². The third kappa shape index (κ3) is 10.3. The summed E-state index contributed by atoms with van der Waals surface area (Å²) in [5.41, 5.74) is 5.20. The van der Waals surface area contributed by atoms with Crippen LogP contribution in [0.5, 0.6) is 0 Å². The Balaban J connectivity index is 1.13. The minimum absolute atomic E-state index is 0.147. The largest absolute Gasteiger partial charge is 0.387 e. The molecule has 4 N–H and O–H groups in total. The fourth-order valence-corrected chi connectivity index (χ4v) is 9.74. The Labute approximate surface area is 395 Å². The van der Waals surface area contributed by atoms with Gasteiger partial charge < -0.3 is 20.8 Å². The molecule has 8 rings (SSSR count). The molecule has 8 aromatic carbocycles. The highest BCUT2D eigenvalue weighted by Crippen LogP contribution is 2.43. The number of aliphatic hydroxyl groups is 2. The summed E-state index contributed by atoms with van der Waals surface area (Å²) in [6.07, 6.45) is 0.450. The molecular weight excluding hydrogens is 825 g/mol. The fraction of sp³-hybridized carbons (Fsp3) is 0.246. The Kier molecular flexibility index (Phi) is 13.6. The summed E-state index contributed by atoms with van der Waals surface area (Å²) in [6.45, 7) is 11.0. The van der Waals surface area contributed by atoms with E-state index in [-0.39, 0.29) is 25.9 Å². The van der Waals surface area contributed by atoms with Crippen LogP contribution in [0.25, 0.3) is 21.5 Å². The van der Waals surface area contributed by atoms with Gasteiger partial charge in [0.15, 0.2) is 0 Å². The summed E-state index contributed by atoms with van der Waals surface area (Å²) in [6, 6.07) is 61.3. The van der Waals surface area contributed by atoms with Crippen LogP contribution >= 0.6 is 0 Å². The standard InChI is InChI=1S/C61H62N2O4/c1-41-21-29-45(30-22-41)37-60(66,55(49-33-25-43(3)26-34-49)53-19-11-15-47-13-7-9-17-51(47)53)39-62-57(64)59(5,6)58(65)63-40-61(67,38-46-31-23-42(2)24-32-46)56(50-35-27-44(4)28-36-50)54-20-12-16-48-14-8-10-18-52(48)54/h7-36,55-56,66-67H,37-40H2,1-6H3,(H,62,64)(H,63,65). The molecular formula is C61H62N2O4. The first kappa shape index (κ1) is 46.7. The van der Waals surface area contributed by atoms with Crippen LogP contribution < -0.4 is 10.6 Å². The zero-order valence-corrected chi connectivity index (χ0v) is 39.5. The number of hydrogen-bond acceptors (Lipinski definition) is 4. The van der Waals surface area contributed by atoms with Gasteiger partial charge in [-0.15, -0.1) is 0 Å². The number of fused-ring (bicyclic) bond motifs is 2. The van der Waals surface area contributed by atoms with Crippen molar-refractivity contribution in [2.45, 2.75) is 77.4 Å². The molecule has 8 aromatic rings. The van der Waals surface area contributed by atoms with Gasteiger partial charge in [0.25, 0.3) is 0 Å². The Morgan fingerprint density at radius 1 is 0.433 bits per heavy atom. The van der Waals surface area contributed by atoms with Crippen molar-refractivity contribution in [3.05, 3.63) is 238 Å². The predicted molar refractivity (Wildman–Crippen MR) is 273 cm³/mol. The molecule has 0 aliphatic carbocycles. The van der Waals surface area contributed by atoms with Crippen LogP contribution in [0, 0.1) is 33.1 Å². The maximum atomic E-state index is 14.7. The van der Waals surface area contributed by atoms with E-state index in [0.29, 0.717) is 0 Å². The summed E-state index contributed by atoms with van der Waals surface area (Å²) in [5, 5.41) is 37.0. The number of amides is 2. The van der Waals surface area contributed by atoms with E-state index < -0.39 is 40.3 Å². The molecule has 0 bridgehead atoms. The second-order valence-corrected chi connectivity index (χ2v) is 19.3. The van der Waals surface area contributed by atoms with E-state index in [1.807, 2.05) is 113 Å². The third-order valence-electron chi connectivity index (χ3n) is 13.7. The molecule has 2 amide bonds. The van der Waals surface area contributed by atoms with Crippen molar-refractivity contribution in [3.8, 4) is 0 Å². The van der Waals surface area contributed by atoms with E-state index in [1.54, 1.807) is 13.8 Å². The first-order valence-corrected chi connectivity index (χ1v) is 23.3. The summed E-state index contributed by atoms with van der Waals surface area (Å²) in [5.74, 6) is -2.22. The van der Waals surface area contributed by atoms with Crippen molar-refractivity contribution >= 4 is 33.4 Å². The van der Waals surface area contributed by atoms with Gasteiger partial charge in [-0.1, -0.05) is 204 Å². The number of benzene rings is 8. The van der Waals surface area contributed by atoms with Crippen LogP contribution in [0.2, 0.25) is 0 Å². The molecule has 0 aliphatic rings. The van der Waals surface area contributed by atoms with Crippen LogP contribution in [0.1, 0.15) is 81.3 Å². The van der Waals surface area contributed by atoms with Crippen LogP contribution in [0.15, 0.2) is 182 Å². The van der Waals surface area contributed by atoms with Crippen molar-refractivity contribution < 1.29 is 19.8 Å². The second kappa shape index (κ2) is 19.5. The van der Waals surface area contributed by atoms with Gasteiger partial charge in [-0.25, -0.2) is 0 Å². The van der Waals surface area contributed by atoms with Gasteiger partial charge in [0, 0.05) is 37.8 Å². The molecule has 0 saturated heterocycles. The van der Waals surface area contributed by atoms with Crippen molar-refractivity contribution in [1.29, 1.82) is 0 Å². The molecule has 6 nitrogen and oxygen atoms in total. The van der Waals surface area contributed by atoms with Crippen LogP contribution in [-0.4, -0.2) is 46.3 Å². The molecule has 0 radical (unpaired) electrons. The zero-order valence-electron chi connectivity index (χ0n) is 39.5. The van der Waals surface area contributed by atoms with Gasteiger partial charge in [0.2, 0.25) is 11.8 Å². The van der Waals surface area contributed by atoms with E-state index >= 15 is 0 Å². The second-order valence-electron chi connectivity index (χ2n) is 19.3. The minimum atomic E-state index is -1.60. The highest BCUT2D eigenvalue weighted by atomic mass is 16.3. The molecule has 0 fully saturated rings. The number of carbonyl (C=O) groups excluding carboxylic acids is 2. The lowest BCUT2D eigenvalue weighted by Crippen LogP contribution is -2.56. The van der Waals surface area contributed by atoms with Gasteiger partial charge in [0.1, 0.15) is 5.41 Å². The first-order valence-electron chi connectivity index (χ1n) is 23.3. The average molecular weight is 887 g/mol. The summed E-state index contributed by atoms with van der Waals surface area (Å²) >= 11 is 0. The number of nitrogens with one attached hydrogen (secondary N) is 2. The molecule has 0 spiro atoms. The molecule has 4 unspecified atom stereocenters. The maximum Gasteiger partial charge on any atom is 0.235 e. The van der Waals surface area contributed by atoms with Gasteiger partial charge in [-0.05, 0) is 96.5 Å². The molecule has 340 valence electrons. The lowest BCUT2D eigenvalue weighted by molar-refractivity contribution is -0.143. The summed E-state index contributed by atoms with van der Waals surface area (Å²) < 4.78 is 0. The fourth-order valence-electron chi connectivity index (χ4n) is 9.74. The molecule has 0 aromatic heterocycles. The summed E-state index contributed by atoms with van der Waals surface area (Å²) in [4.78, 5) is 29.3. The third-order valence-corrected chi connectivity index (χ3v) is 13.7. The van der Waals surface area contributed by atoms with Crippen LogP contribution in [0.3, 0.4) is 0 Å². The molecule has 67 heavy (non-hydrogen) atoms. The Morgan fingerprint density at radius 3 is 1.10 bits per heavy atom. The van der Waals surface area contributed by atoms with Crippen LogP contribution in [-0.2, 0) is 22.4 Å². The first-order chi connectivity index (χ1) is 32.1. The highest BCUT2D eigenvalue weighted by Gasteiger charge is 2.45. The monoisotopic (exact) mass is 886 g/mol. The number of rotatable bonds is 16. The van der Waals surface area contributed by atoms with Crippen LogP contribution in [0.4, 0.5) is 0 Å². The van der Waals surface area contributed by atoms with E-state index in [0.717, 1.165) is 77.2 Å². The van der Waals surface area contributed by atoms with Crippen molar-refractivity contribution in [2.24, 2.45) is 5.41 Å². The van der Waals surface area contributed by atoms with E-state index in [9.17, 15) is 19.8 Å². The minimum Gasteiger partial charge on any atom is -0.387 e. The predicted octanol–water partition coefficient (Wildman–Crippen LogP) is 11.4. The maximum absolute atomic E-state index is 14.7. The quantitative estimate of drug-likeness (QED) is 0.0727. The van der Waals surface area contributed by atoms with Gasteiger partial charge in [-0.3, -0.25) is 9.59 Å². The van der Waals surface area contributed by atoms with E-state index in [1.165, 1.54) is 0 Å². The van der Waals surface area contributed by atoms with Gasteiger partial charge in [0.05, 0.1) is 11.2 Å². The van der Waals surface area contributed by atoms with E-state index in [4.69, 9.17) is 0 Å². The summed E-state index contributed by atoms with van der Waals surface area (Å²) in [7, 11) is 0. The molecule has 0 saturated carbocycles. The molecule has 0 aliphatic heterocycles. The lowest BCUT2D eigenvalue weighted by atomic mass is 9.72. The van der Waals surface area contributed by atoms with E-state index in [2.05, 4.69) is 108 Å². The molecule has 6 heteroatoms. The average Bonchev–Trinajstić information content (AvgIpc) is 3.33. The van der Waals surface area contributed by atoms with Crippen molar-refractivity contribution in [3.63, 3.8) is 0 Å². The number of hydrogen-bond donors (Lipinski definition) is 4. The number of carbonyl (C=O) groups is 2. The normalized spacial score (nSPS) is 14.4. The Morgan fingerprint density at radius 2 is 0.746 bits per heavy atom. The molecule has 0 heterocycles. The number of aryl methyl sites for hydroxylation is 4. The zero-order chi connectivity index (χ0) is 47.3. The SMILES string of the molecule is Cc1ccc(CC(O)(CNC(=O)C(C)(C)C(=O)NCC(O)(Cc2ccc(C)cc2)C(c2ccc(C)cc2)c2cccc3ccccc23)C(c2ccc(C)cc2)c2cccc3ccccc23)cc1. The highest BCUT2D eigenvalue weighted by molar-refractivity contribution is 6.04. The smallest absolute Gasteiger partial charge is 0.235 e. The van der Waals surface area contributed by atoms with Gasteiger partial charge >= 0.3 is 0 Å². The van der Waals surface area contributed by atoms with Gasteiger partial charge in [-0.2, -0.15) is 0 Å². The Hall–Kier alpha value is -6.86. The topological polar surface area (TPSA) is 98.7 Å². The van der Waals surface area contributed by atoms with Crippen molar-refractivity contribution in [1.82, 2.24) is 10.6 Å². The Bertz CT molecular complexity index is 2780. The molecule has 4 atom stereocenters. The lowest BCUT2D eigenvalue weighted by Gasteiger charge is -2.40.